The van der Waals surface area contributed by atoms with E-state index in [1.54, 1.807) is 24.3 Å². The number of nitrogens with one attached hydrogen (secondary N) is 1. The fourth-order valence-electron chi connectivity index (χ4n) is 1.58. The average Bonchev–Trinajstić information content (AvgIpc) is 2.39. The third-order valence-electron chi connectivity index (χ3n) is 2.58. The van der Waals surface area contributed by atoms with E-state index in [0.717, 1.165) is 17.7 Å². The molecule has 2 aromatic rings. The van der Waals surface area contributed by atoms with Crippen molar-refractivity contribution >= 4 is 11.4 Å². The molecule has 2 N–H and O–H groups in total. The highest BCUT2D eigenvalue weighted by atomic mass is 19.1. The van der Waals surface area contributed by atoms with E-state index >= 15 is 0 Å². The standard InChI is InChI=1S/C13H11FN2O3/c14-12-6-3-10(7-13(12)16(18)19)15-8-9-1-4-11(17)5-2-9/h1-7,15,17H,8H2. The largest absolute Gasteiger partial charge is 0.508 e. The number of anilines is 1. The summed E-state index contributed by atoms with van der Waals surface area (Å²) in [6, 6.07) is 10.2. The van der Waals surface area contributed by atoms with E-state index in [1.807, 2.05) is 0 Å². The van der Waals surface area contributed by atoms with Crippen LogP contribution in [0.25, 0.3) is 0 Å². The van der Waals surface area contributed by atoms with Crippen molar-refractivity contribution in [3.63, 3.8) is 0 Å². The molecule has 0 heterocycles. The number of nitro groups is 1. The number of halogens is 1. The van der Waals surface area contributed by atoms with Crippen LogP contribution in [0.4, 0.5) is 15.8 Å². The van der Waals surface area contributed by atoms with Crippen LogP contribution in [0.1, 0.15) is 5.56 Å². The third-order valence-corrected chi connectivity index (χ3v) is 2.58. The van der Waals surface area contributed by atoms with Crippen molar-refractivity contribution in [2.75, 3.05) is 5.32 Å². The second-order valence-electron chi connectivity index (χ2n) is 3.94. The van der Waals surface area contributed by atoms with Crippen LogP contribution < -0.4 is 5.32 Å². The Morgan fingerprint density at radius 2 is 1.89 bits per heavy atom. The van der Waals surface area contributed by atoms with E-state index < -0.39 is 16.4 Å². The minimum Gasteiger partial charge on any atom is -0.508 e. The Kier molecular flexibility index (Phi) is 3.61. The average molecular weight is 262 g/mol. The molecule has 19 heavy (non-hydrogen) atoms. The summed E-state index contributed by atoms with van der Waals surface area (Å²) < 4.78 is 13.1. The van der Waals surface area contributed by atoms with Gasteiger partial charge in [0, 0.05) is 18.3 Å². The fraction of sp³-hybridized carbons (Fsp3) is 0.0769. The predicted molar refractivity (Wildman–Crippen MR) is 68.5 cm³/mol. The number of hydrogen-bond acceptors (Lipinski definition) is 4. The molecule has 6 heteroatoms. The molecule has 2 aromatic carbocycles. The minimum atomic E-state index is -0.861. The first-order valence-electron chi connectivity index (χ1n) is 5.52. The number of phenolic OH excluding ortho intramolecular Hbond substituents is 1. The molecule has 0 radical (unpaired) electrons. The van der Waals surface area contributed by atoms with Gasteiger partial charge in [0.25, 0.3) is 0 Å². The Hall–Kier alpha value is -2.63. The van der Waals surface area contributed by atoms with Crippen molar-refractivity contribution < 1.29 is 14.4 Å². The van der Waals surface area contributed by atoms with Crippen LogP contribution in [-0.2, 0) is 6.54 Å². The van der Waals surface area contributed by atoms with Crippen molar-refractivity contribution in [1.29, 1.82) is 0 Å². The van der Waals surface area contributed by atoms with E-state index in [2.05, 4.69) is 5.32 Å². The van der Waals surface area contributed by atoms with Gasteiger partial charge in [-0.25, -0.2) is 0 Å². The summed E-state index contributed by atoms with van der Waals surface area (Å²) in [6.45, 7) is 0.420. The minimum absolute atomic E-state index is 0.168. The first-order chi connectivity index (χ1) is 9.06. The number of hydrogen-bond donors (Lipinski definition) is 2. The number of aromatic hydroxyl groups is 1. The first kappa shape index (κ1) is 12.8. The lowest BCUT2D eigenvalue weighted by Gasteiger charge is -2.06. The second kappa shape index (κ2) is 5.34. The zero-order valence-corrected chi connectivity index (χ0v) is 9.84. The van der Waals surface area contributed by atoms with Crippen molar-refractivity contribution in [2.24, 2.45) is 0 Å². The first-order valence-corrected chi connectivity index (χ1v) is 5.52. The topological polar surface area (TPSA) is 75.4 Å². The van der Waals surface area contributed by atoms with Gasteiger partial charge in [0.05, 0.1) is 4.92 Å². The summed E-state index contributed by atoms with van der Waals surface area (Å²) in [5, 5.41) is 22.7. The van der Waals surface area contributed by atoms with Gasteiger partial charge >= 0.3 is 5.69 Å². The monoisotopic (exact) mass is 262 g/mol. The predicted octanol–water partition coefficient (Wildman–Crippen LogP) is 3.05. The van der Waals surface area contributed by atoms with E-state index in [-0.39, 0.29) is 5.75 Å². The fourth-order valence-corrected chi connectivity index (χ4v) is 1.58. The zero-order valence-electron chi connectivity index (χ0n) is 9.84. The van der Waals surface area contributed by atoms with E-state index in [1.165, 1.54) is 6.07 Å². The summed E-state index contributed by atoms with van der Waals surface area (Å²) in [5.74, 6) is -0.693. The number of benzene rings is 2. The van der Waals surface area contributed by atoms with Gasteiger partial charge in [0.2, 0.25) is 5.82 Å². The molecule has 0 aliphatic rings. The molecule has 0 amide bonds. The van der Waals surface area contributed by atoms with Gasteiger partial charge in [0.15, 0.2) is 0 Å². The van der Waals surface area contributed by atoms with Crippen LogP contribution in [0.15, 0.2) is 42.5 Å². The van der Waals surface area contributed by atoms with Gasteiger partial charge in [-0.3, -0.25) is 10.1 Å². The summed E-state index contributed by atoms with van der Waals surface area (Å²) in [7, 11) is 0. The van der Waals surface area contributed by atoms with Crippen LogP contribution in [0.3, 0.4) is 0 Å². The highest BCUT2D eigenvalue weighted by Gasteiger charge is 2.13. The van der Waals surface area contributed by atoms with Crippen molar-refractivity contribution in [2.45, 2.75) is 6.54 Å². The molecule has 0 saturated heterocycles. The van der Waals surface area contributed by atoms with Gasteiger partial charge < -0.3 is 10.4 Å². The Balaban J connectivity index is 2.09. The Bertz CT molecular complexity index is 599. The lowest BCUT2D eigenvalue weighted by molar-refractivity contribution is -0.387. The van der Waals surface area contributed by atoms with Crippen LogP contribution in [-0.4, -0.2) is 10.0 Å². The normalized spacial score (nSPS) is 10.2. The second-order valence-corrected chi connectivity index (χ2v) is 3.94. The van der Waals surface area contributed by atoms with Gasteiger partial charge in [-0.05, 0) is 29.8 Å². The Labute approximate surface area is 108 Å². The Morgan fingerprint density at radius 1 is 1.21 bits per heavy atom. The molecule has 0 atom stereocenters. The van der Waals surface area contributed by atoms with Crippen LogP contribution in [0, 0.1) is 15.9 Å². The number of rotatable bonds is 4. The van der Waals surface area contributed by atoms with Gasteiger partial charge in [-0.15, -0.1) is 0 Å². The third kappa shape index (κ3) is 3.19. The molecule has 0 aromatic heterocycles. The zero-order chi connectivity index (χ0) is 13.8. The molecule has 0 spiro atoms. The van der Waals surface area contributed by atoms with E-state index in [0.29, 0.717) is 12.2 Å². The molecule has 0 fully saturated rings. The molecule has 0 saturated carbocycles. The highest BCUT2D eigenvalue weighted by molar-refractivity contribution is 5.52. The molecule has 0 aliphatic heterocycles. The molecular weight excluding hydrogens is 251 g/mol. The van der Waals surface area contributed by atoms with Crippen LogP contribution in [0.2, 0.25) is 0 Å². The Morgan fingerprint density at radius 3 is 2.53 bits per heavy atom. The lowest BCUT2D eigenvalue weighted by Crippen LogP contribution is -2.00. The summed E-state index contributed by atoms with van der Waals surface area (Å²) >= 11 is 0. The molecule has 98 valence electrons. The van der Waals surface area contributed by atoms with Crippen LogP contribution in [0.5, 0.6) is 5.75 Å². The number of nitro benzene ring substituents is 1. The maximum Gasteiger partial charge on any atom is 0.306 e. The SMILES string of the molecule is O=[N+]([O-])c1cc(NCc2ccc(O)cc2)ccc1F. The van der Waals surface area contributed by atoms with E-state index in [4.69, 9.17) is 5.11 Å². The summed E-state index contributed by atoms with van der Waals surface area (Å²) in [4.78, 5) is 9.83. The molecule has 2 rings (SSSR count). The van der Waals surface area contributed by atoms with Gasteiger partial charge in [-0.1, -0.05) is 12.1 Å². The van der Waals surface area contributed by atoms with Gasteiger partial charge in [-0.2, -0.15) is 4.39 Å². The van der Waals surface area contributed by atoms with Crippen molar-refractivity contribution in [1.82, 2.24) is 0 Å². The number of phenols is 1. The maximum absolute atomic E-state index is 13.1. The summed E-state index contributed by atoms with van der Waals surface area (Å²) in [5.41, 5.74) is 0.793. The molecule has 0 aliphatic carbocycles. The van der Waals surface area contributed by atoms with Crippen LogP contribution >= 0.6 is 0 Å². The van der Waals surface area contributed by atoms with Gasteiger partial charge in [0.1, 0.15) is 5.75 Å². The van der Waals surface area contributed by atoms with E-state index in [9.17, 15) is 14.5 Å². The molecular formula is C13H11FN2O3. The lowest BCUT2D eigenvalue weighted by atomic mass is 10.2. The number of nitrogens with zero attached hydrogens (tertiary/aromatic N) is 1. The smallest absolute Gasteiger partial charge is 0.306 e. The molecule has 0 bridgehead atoms. The summed E-state index contributed by atoms with van der Waals surface area (Å²) in [6.07, 6.45) is 0. The van der Waals surface area contributed by atoms with Crippen molar-refractivity contribution in [3.8, 4) is 5.75 Å². The maximum atomic E-state index is 13.1. The quantitative estimate of drug-likeness (QED) is 0.656. The molecule has 0 unspecified atom stereocenters. The molecule has 5 nitrogen and oxygen atoms in total. The van der Waals surface area contributed by atoms with Crippen molar-refractivity contribution in [3.05, 3.63) is 64.0 Å². The highest BCUT2D eigenvalue weighted by Crippen LogP contribution is 2.22.